The highest BCUT2D eigenvalue weighted by Crippen LogP contribution is 2.32. The maximum absolute atomic E-state index is 12.8. The van der Waals surface area contributed by atoms with Crippen LogP contribution in [0.2, 0.25) is 0 Å². The number of aldehydes is 1. The lowest BCUT2D eigenvalue weighted by Gasteiger charge is -2.31. The van der Waals surface area contributed by atoms with Crippen molar-refractivity contribution in [3.05, 3.63) is 36.0 Å². The molecule has 0 aromatic heterocycles. The average molecular weight is 487 g/mol. The summed E-state index contributed by atoms with van der Waals surface area (Å²) >= 11 is 0. The van der Waals surface area contributed by atoms with E-state index in [4.69, 9.17) is 9.47 Å². The highest BCUT2D eigenvalue weighted by molar-refractivity contribution is 5.91. The largest absolute Gasteiger partial charge is 0.352 e. The van der Waals surface area contributed by atoms with Crippen molar-refractivity contribution in [2.45, 2.75) is 111 Å². The van der Waals surface area contributed by atoms with Crippen LogP contribution in [-0.2, 0) is 19.1 Å². The minimum atomic E-state index is -0.119. The first-order valence-electron chi connectivity index (χ1n) is 14.0. The number of carbonyl (C=O) groups excluding carboxylic acids is 2. The van der Waals surface area contributed by atoms with Crippen molar-refractivity contribution in [2.75, 3.05) is 6.61 Å². The Bertz CT molecular complexity index is 736. The molecule has 35 heavy (non-hydrogen) atoms. The Morgan fingerprint density at radius 1 is 1.14 bits per heavy atom. The van der Waals surface area contributed by atoms with Crippen molar-refractivity contribution >= 4 is 12.1 Å². The molecule has 0 aromatic rings. The monoisotopic (exact) mass is 486 g/mol. The van der Waals surface area contributed by atoms with E-state index < -0.39 is 0 Å². The van der Waals surface area contributed by atoms with Gasteiger partial charge in [-0.05, 0) is 89.0 Å². The minimum Gasteiger partial charge on any atom is -0.352 e. The van der Waals surface area contributed by atoms with E-state index in [1.54, 1.807) is 6.08 Å². The number of carbonyl (C=O) groups is 2. The molecule has 1 aliphatic heterocycles. The summed E-state index contributed by atoms with van der Waals surface area (Å²) in [6, 6.07) is 0. The zero-order valence-electron chi connectivity index (χ0n) is 23.0. The molecule has 1 heterocycles. The van der Waals surface area contributed by atoms with Crippen LogP contribution in [-0.4, -0.2) is 31.1 Å². The topological polar surface area (TPSA) is 52.6 Å². The molecule has 0 saturated carbocycles. The van der Waals surface area contributed by atoms with Gasteiger partial charge in [0.15, 0.2) is 12.1 Å². The Balaban J connectivity index is 2.22. The van der Waals surface area contributed by atoms with Crippen LogP contribution in [0.5, 0.6) is 0 Å². The molecule has 0 amide bonds. The van der Waals surface area contributed by atoms with Crippen LogP contribution in [0.1, 0.15) is 98.8 Å². The van der Waals surface area contributed by atoms with Gasteiger partial charge >= 0.3 is 0 Å². The van der Waals surface area contributed by atoms with Crippen molar-refractivity contribution in [3.8, 4) is 0 Å². The SMILES string of the molecule is C=C1CC[C@H](C)C[C@@H](CC=O)C[C@@H](C)C(=O)/C=C/C(C)=C/[C@H](COC2CCC[C@@H](C)O2)[C@@H](CC)C1. The molecule has 2 aliphatic rings. The molecule has 1 unspecified atom stereocenters. The van der Waals surface area contributed by atoms with Gasteiger partial charge in [-0.25, -0.2) is 0 Å². The second-order valence-corrected chi connectivity index (χ2v) is 11.4. The smallest absolute Gasteiger partial charge is 0.158 e. The Morgan fingerprint density at radius 3 is 2.60 bits per heavy atom. The maximum atomic E-state index is 12.8. The van der Waals surface area contributed by atoms with Crippen molar-refractivity contribution in [2.24, 2.45) is 29.6 Å². The van der Waals surface area contributed by atoms with E-state index in [1.807, 2.05) is 13.0 Å². The van der Waals surface area contributed by atoms with Gasteiger partial charge in [0.25, 0.3) is 0 Å². The van der Waals surface area contributed by atoms with Crippen LogP contribution in [0.4, 0.5) is 0 Å². The van der Waals surface area contributed by atoms with Gasteiger partial charge in [-0.1, -0.05) is 57.1 Å². The first-order valence-corrected chi connectivity index (χ1v) is 14.0. The van der Waals surface area contributed by atoms with Gasteiger partial charge in [-0.2, -0.15) is 0 Å². The first-order chi connectivity index (χ1) is 16.7. The number of allylic oxidation sites excluding steroid dienone is 4. The van der Waals surface area contributed by atoms with Crippen LogP contribution in [0.25, 0.3) is 0 Å². The van der Waals surface area contributed by atoms with E-state index in [0.29, 0.717) is 24.9 Å². The third-order valence-corrected chi connectivity index (χ3v) is 7.91. The number of ketones is 1. The van der Waals surface area contributed by atoms with Gasteiger partial charge in [-0.3, -0.25) is 4.79 Å². The van der Waals surface area contributed by atoms with E-state index in [2.05, 4.69) is 40.3 Å². The molecule has 7 atom stereocenters. The fraction of sp³-hybridized carbons (Fsp3) is 0.742. The summed E-state index contributed by atoms with van der Waals surface area (Å²) in [5, 5.41) is 0. The fourth-order valence-electron chi connectivity index (χ4n) is 5.65. The normalized spacial score (nSPS) is 36.8. The van der Waals surface area contributed by atoms with Crippen LogP contribution < -0.4 is 0 Å². The molecule has 1 fully saturated rings. The lowest BCUT2D eigenvalue weighted by molar-refractivity contribution is -0.194. The van der Waals surface area contributed by atoms with E-state index in [9.17, 15) is 9.59 Å². The molecule has 0 spiro atoms. The lowest BCUT2D eigenvalue weighted by atomic mass is 9.80. The standard InChI is InChI=1S/C31H50O4/c1-7-28-18-23(3)12-11-22(2)17-27(15-16-32)20-25(5)30(33)14-13-24(4)19-29(28)21-34-31-10-8-9-26(6)35-31/h13-14,16,19,22,25-29,31H,3,7-12,15,17-18,20-21H2,1-2,4-6H3/b14-13+,24-19+/t22-,25+,26+,27+,28-,29+,31?/m0/s1. The zero-order valence-corrected chi connectivity index (χ0v) is 23.0. The highest BCUT2D eigenvalue weighted by atomic mass is 16.7. The summed E-state index contributed by atoms with van der Waals surface area (Å²) in [4.78, 5) is 24.1. The quantitative estimate of drug-likeness (QED) is 0.286. The zero-order chi connectivity index (χ0) is 25.8. The third kappa shape index (κ3) is 11.0. The Hall–Kier alpha value is -1.52. The molecule has 4 heteroatoms. The molecule has 198 valence electrons. The second kappa shape index (κ2) is 15.6. The van der Waals surface area contributed by atoms with E-state index in [-0.39, 0.29) is 35.9 Å². The molecule has 0 aromatic carbocycles. The molecule has 2 rings (SSSR count). The van der Waals surface area contributed by atoms with Gasteiger partial charge in [0.1, 0.15) is 6.29 Å². The molecular formula is C31H50O4. The Morgan fingerprint density at radius 2 is 1.91 bits per heavy atom. The summed E-state index contributed by atoms with van der Waals surface area (Å²) in [6.45, 7) is 15.8. The van der Waals surface area contributed by atoms with Crippen LogP contribution in [0.15, 0.2) is 36.0 Å². The summed E-state index contributed by atoms with van der Waals surface area (Å²) in [5.74, 6) is 1.53. The molecule has 4 nitrogen and oxygen atoms in total. The summed E-state index contributed by atoms with van der Waals surface area (Å²) in [6.07, 6.45) is 16.7. The first kappa shape index (κ1) is 29.7. The minimum absolute atomic E-state index is 0.0768. The van der Waals surface area contributed by atoms with Gasteiger partial charge in [0.2, 0.25) is 0 Å². The molecule has 0 radical (unpaired) electrons. The Kier molecular flexibility index (Phi) is 13.2. The average Bonchev–Trinajstić information content (AvgIpc) is 2.82. The van der Waals surface area contributed by atoms with Gasteiger partial charge < -0.3 is 14.3 Å². The van der Waals surface area contributed by atoms with E-state index in [1.165, 1.54) is 5.57 Å². The molecule has 1 aliphatic carbocycles. The molecule has 1 saturated heterocycles. The van der Waals surface area contributed by atoms with Crippen molar-refractivity contribution in [1.82, 2.24) is 0 Å². The highest BCUT2D eigenvalue weighted by Gasteiger charge is 2.25. The van der Waals surface area contributed by atoms with Crippen molar-refractivity contribution in [3.63, 3.8) is 0 Å². The fourth-order valence-corrected chi connectivity index (χ4v) is 5.65. The van der Waals surface area contributed by atoms with Crippen LogP contribution >= 0.6 is 0 Å². The molecular weight excluding hydrogens is 436 g/mol. The third-order valence-electron chi connectivity index (χ3n) is 7.91. The van der Waals surface area contributed by atoms with Crippen LogP contribution in [0.3, 0.4) is 0 Å². The van der Waals surface area contributed by atoms with Crippen molar-refractivity contribution in [1.29, 1.82) is 0 Å². The summed E-state index contributed by atoms with van der Waals surface area (Å²) < 4.78 is 12.3. The molecule has 0 bridgehead atoms. The number of rotatable bonds is 6. The predicted octanol–water partition coefficient (Wildman–Crippen LogP) is 7.63. The summed E-state index contributed by atoms with van der Waals surface area (Å²) in [7, 11) is 0. The Labute approximate surface area is 214 Å². The van der Waals surface area contributed by atoms with E-state index >= 15 is 0 Å². The van der Waals surface area contributed by atoms with Gasteiger partial charge in [-0.15, -0.1) is 0 Å². The predicted molar refractivity (Wildman–Crippen MR) is 144 cm³/mol. The van der Waals surface area contributed by atoms with Gasteiger partial charge in [0.05, 0.1) is 12.7 Å². The van der Waals surface area contributed by atoms with E-state index in [0.717, 1.165) is 69.6 Å². The maximum Gasteiger partial charge on any atom is 0.158 e. The number of ether oxygens (including phenoxy) is 2. The second-order valence-electron chi connectivity index (χ2n) is 11.4. The van der Waals surface area contributed by atoms with Crippen molar-refractivity contribution < 1.29 is 19.1 Å². The molecule has 0 N–H and O–H groups in total. The lowest BCUT2D eigenvalue weighted by Crippen LogP contribution is -2.30. The number of hydrogen-bond donors (Lipinski definition) is 0. The summed E-state index contributed by atoms with van der Waals surface area (Å²) in [5.41, 5.74) is 2.40. The van der Waals surface area contributed by atoms with Gasteiger partial charge in [0, 0.05) is 18.3 Å². The van der Waals surface area contributed by atoms with Crippen LogP contribution in [0, 0.1) is 29.6 Å². The number of hydrogen-bond acceptors (Lipinski definition) is 4.